The van der Waals surface area contributed by atoms with Crippen molar-refractivity contribution in [3.8, 4) is 5.75 Å². The number of anilines is 1. The Morgan fingerprint density at radius 2 is 1.72 bits per heavy atom. The number of carbonyl (C=O) groups excluding carboxylic acids is 2. The summed E-state index contributed by atoms with van der Waals surface area (Å²) in [6, 6.07) is 13.2. The number of phenols is 1. The van der Waals surface area contributed by atoms with Crippen LogP contribution < -0.4 is 9.77 Å². The van der Waals surface area contributed by atoms with E-state index in [0.717, 1.165) is 11.3 Å². The molecule has 0 aliphatic carbocycles. The van der Waals surface area contributed by atoms with Crippen molar-refractivity contribution in [3.63, 3.8) is 0 Å². The molecule has 3 heterocycles. The molecule has 1 saturated heterocycles. The number of hydrogen-bond donors (Lipinski definition) is 2. The van der Waals surface area contributed by atoms with Gasteiger partial charge in [-0.1, -0.05) is 52.9 Å². The van der Waals surface area contributed by atoms with Gasteiger partial charge in [-0.15, -0.1) is 0 Å². The van der Waals surface area contributed by atoms with Gasteiger partial charge in [0.2, 0.25) is 11.8 Å². The normalized spacial score (nSPS) is 23.2. The lowest BCUT2D eigenvalue weighted by Crippen LogP contribution is -2.32. The van der Waals surface area contributed by atoms with Gasteiger partial charge in [-0.3, -0.25) is 14.4 Å². The Balaban J connectivity index is 1.67. The number of hydrogen-bond acceptors (Lipinski definition) is 6. The van der Waals surface area contributed by atoms with E-state index in [2.05, 4.69) is 4.98 Å². The van der Waals surface area contributed by atoms with Crippen molar-refractivity contribution in [1.82, 2.24) is 4.98 Å². The summed E-state index contributed by atoms with van der Waals surface area (Å²) in [5.41, 5.74) is 0.977. The molecule has 2 aliphatic heterocycles. The van der Waals surface area contributed by atoms with E-state index >= 15 is 0 Å². The van der Waals surface area contributed by atoms with E-state index in [-0.39, 0.29) is 22.4 Å². The molecule has 1 fully saturated rings. The van der Waals surface area contributed by atoms with Gasteiger partial charge in [0.15, 0.2) is 0 Å². The van der Waals surface area contributed by atoms with Gasteiger partial charge in [0.05, 0.1) is 16.6 Å². The Bertz CT molecular complexity index is 1200. The highest BCUT2D eigenvalue weighted by Gasteiger charge is 2.56. The standard InChI is InChI=1S/C20H13ClN2O4S2/c21-9-5-7-10(8-6-9)23-18(25)14-13(11-3-1-2-4-12(11)24)15-17(22-20(27)29-15)28-16(14)19(23)26/h1-8,13-14,16,24H,(H,22,27)/t13-,14?,16?/m1/s1. The van der Waals surface area contributed by atoms with Gasteiger partial charge in [-0.05, 0) is 30.3 Å². The first-order chi connectivity index (χ1) is 14.0. The molecule has 1 aromatic heterocycles. The largest absolute Gasteiger partial charge is 0.508 e. The Morgan fingerprint density at radius 3 is 2.45 bits per heavy atom. The van der Waals surface area contributed by atoms with Gasteiger partial charge in [-0.2, -0.15) is 0 Å². The lowest BCUT2D eigenvalue weighted by molar-refractivity contribution is -0.122. The number of aromatic amines is 1. The van der Waals surface area contributed by atoms with Gasteiger partial charge in [0.25, 0.3) is 0 Å². The number of halogens is 1. The maximum atomic E-state index is 13.4. The van der Waals surface area contributed by atoms with Crippen LogP contribution in [-0.2, 0) is 9.59 Å². The first-order valence-electron chi connectivity index (χ1n) is 8.76. The van der Waals surface area contributed by atoms with Crippen LogP contribution in [0.25, 0.3) is 0 Å². The zero-order chi connectivity index (χ0) is 20.3. The molecule has 2 unspecified atom stereocenters. The Morgan fingerprint density at radius 1 is 1.00 bits per heavy atom. The topological polar surface area (TPSA) is 90.5 Å². The lowest BCUT2D eigenvalue weighted by atomic mass is 9.82. The zero-order valence-corrected chi connectivity index (χ0v) is 17.1. The third kappa shape index (κ3) is 2.82. The summed E-state index contributed by atoms with van der Waals surface area (Å²) in [7, 11) is 0. The number of aromatic nitrogens is 1. The summed E-state index contributed by atoms with van der Waals surface area (Å²) < 4.78 is 0. The summed E-state index contributed by atoms with van der Waals surface area (Å²) in [5.74, 6) is -1.98. The molecule has 0 radical (unpaired) electrons. The highest BCUT2D eigenvalue weighted by molar-refractivity contribution is 8.00. The number of rotatable bonds is 2. The molecule has 2 aliphatic rings. The minimum absolute atomic E-state index is 0.0279. The molecule has 0 saturated carbocycles. The molecule has 5 rings (SSSR count). The monoisotopic (exact) mass is 444 g/mol. The number of thioether (sulfide) groups is 1. The van der Waals surface area contributed by atoms with Gasteiger partial charge in [0.1, 0.15) is 11.0 Å². The van der Waals surface area contributed by atoms with E-state index in [1.807, 2.05) is 0 Å². The quantitative estimate of drug-likeness (QED) is 0.589. The molecule has 146 valence electrons. The molecule has 0 spiro atoms. The number of imide groups is 1. The van der Waals surface area contributed by atoms with Crippen molar-refractivity contribution in [1.29, 1.82) is 0 Å². The third-order valence-corrected chi connectivity index (χ3v) is 7.83. The number of carbonyl (C=O) groups is 2. The van der Waals surface area contributed by atoms with Crippen molar-refractivity contribution in [3.05, 3.63) is 73.7 Å². The average molecular weight is 445 g/mol. The molecule has 3 aromatic rings. The van der Waals surface area contributed by atoms with Gasteiger partial charge >= 0.3 is 4.87 Å². The number of para-hydroxylation sites is 1. The second-order valence-electron chi connectivity index (χ2n) is 6.80. The number of aromatic hydroxyl groups is 1. The molecule has 0 bridgehead atoms. The molecule has 2 amide bonds. The predicted molar refractivity (Wildman–Crippen MR) is 112 cm³/mol. The fourth-order valence-electron chi connectivity index (χ4n) is 3.95. The number of nitrogens with zero attached hydrogens (tertiary/aromatic N) is 1. The Hall–Kier alpha value is -2.55. The van der Waals surface area contributed by atoms with E-state index in [9.17, 15) is 19.5 Å². The summed E-state index contributed by atoms with van der Waals surface area (Å²) >= 11 is 8.15. The number of amides is 2. The van der Waals surface area contributed by atoms with E-state index < -0.39 is 17.1 Å². The molecular formula is C20H13ClN2O4S2. The van der Waals surface area contributed by atoms with E-state index in [1.54, 1.807) is 48.5 Å². The Labute approximate surface area is 178 Å². The highest BCUT2D eigenvalue weighted by Crippen LogP contribution is 2.54. The fraction of sp³-hybridized carbons (Fsp3) is 0.150. The van der Waals surface area contributed by atoms with E-state index in [1.165, 1.54) is 16.7 Å². The summed E-state index contributed by atoms with van der Waals surface area (Å²) in [5, 5.41) is 10.9. The predicted octanol–water partition coefficient (Wildman–Crippen LogP) is 3.59. The number of H-pyrrole nitrogens is 1. The number of nitrogens with one attached hydrogen (secondary N) is 1. The van der Waals surface area contributed by atoms with Crippen molar-refractivity contribution < 1.29 is 14.7 Å². The van der Waals surface area contributed by atoms with Crippen LogP contribution in [-0.4, -0.2) is 27.2 Å². The summed E-state index contributed by atoms with van der Waals surface area (Å²) in [6.45, 7) is 0. The second kappa shape index (κ2) is 6.76. The molecule has 9 heteroatoms. The van der Waals surface area contributed by atoms with Gasteiger partial charge < -0.3 is 10.1 Å². The van der Waals surface area contributed by atoms with Crippen LogP contribution in [0.15, 0.2) is 58.4 Å². The van der Waals surface area contributed by atoms with Crippen LogP contribution >= 0.6 is 34.7 Å². The van der Waals surface area contributed by atoms with Crippen molar-refractivity contribution in [2.45, 2.75) is 16.2 Å². The summed E-state index contributed by atoms with van der Waals surface area (Å²) in [6.07, 6.45) is 0. The molecule has 3 atom stereocenters. The molecule has 6 nitrogen and oxygen atoms in total. The highest BCUT2D eigenvalue weighted by atomic mass is 35.5. The second-order valence-corrected chi connectivity index (χ2v) is 9.40. The summed E-state index contributed by atoms with van der Waals surface area (Å²) in [4.78, 5) is 43.0. The first kappa shape index (κ1) is 18.5. The number of thiazole rings is 1. The van der Waals surface area contributed by atoms with Crippen LogP contribution in [0, 0.1) is 5.92 Å². The number of phenolic OH excluding ortho intramolecular Hbond substituents is 1. The fourth-order valence-corrected chi connectivity index (χ4v) is 6.58. The minimum atomic E-state index is -0.726. The Kier molecular flexibility index (Phi) is 4.31. The minimum Gasteiger partial charge on any atom is -0.508 e. The van der Waals surface area contributed by atoms with Gasteiger partial charge in [0, 0.05) is 21.4 Å². The molecular weight excluding hydrogens is 432 g/mol. The van der Waals surface area contributed by atoms with Crippen LogP contribution in [0.5, 0.6) is 5.75 Å². The molecule has 29 heavy (non-hydrogen) atoms. The van der Waals surface area contributed by atoms with Crippen LogP contribution in [0.2, 0.25) is 5.02 Å². The maximum absolute atomic E-state index is 13.4. The van der Waals surface area contributed by atoms with Crippen LogP contribution in [0.1, 0.15) is 16.4 Å². The van der Waals surface area contributed by atoms with Crippen LogP contribution in [0.3, 0.4) is 0 Å². The molecule has 2 aromatic carbocycles. The molecule has 2 N–H and O–H groups in total. The lowest BCUT2D eigenvalue weighted by Gasteiger charge is -2.30. The number of benzene rings is 2. The smallest absolute Gasteiger partial charge is 0.305 e. The van der Waals surface area contributed by atoms with Crippen molar-refractivity contribution in [2.75, 3.05) is 4.90 Å². The zero-order valence-electron chi connectivity index (χ0n) is 14.7. The SMILES string of the molecule is O=C1C2Sc3[nH]c(=O)sc3[C@H](c3ccccc3O)C2C(=O)N1c1ccc(Cl)cc1. The van der Waals surface area contributed by atoms with E-state index in [4.69, 9.17) is 11.6 Å². The van der Waals surface area contributed by atoms with Crippen molar-refractivity contribution >= 4 is 52.2 Å². The van der Waals surface area contributed by atoms with Crippen molar-refractivity contribution in [2.24, 2.45) is 5.92 Å². The van der Waals surface area contributed by atoms with E-state index in [0.29, 0.717) is 26.2 Å². The third-order valence-electron chi connectivity index (χ3n) is 5.18. The maximum Gasteiger partial charge on any atom is 0.305 e. The first-order valence-corrected chi connectivity index (χ1v) is 10.8. The van der Waals surface area contributed by atoms with Gasteiger partial charge in [-0.25, -0.2) is 4.90 Å². The van der Waals surface area contributed by atoms with Crippen LogP contribution in [0.4, 0.5) is 5.69 Å². The average Bonchev–Trinajstić information content (AvgIpc) is 3.19. The number of fused-ring (bicyclic) bond motifs is 2.